The lowest BCUT2D eigenvalue weighted by Gasteiger charge is -2.18. The standard InChI is InChI=1S/C17H21FN2O/c1-12(19-2)17-15(18)9-6-10-16(17)21-14-8-5-7-13(11-14)20(3)4/h5-12,19H,1-4H3. The second-order valence-corrected chi connectivity index (χ2v) is 5.16. The maximum absolute atomic E-state index is 14.1. The van der Waals surface area contributed by atoms with E-state index in [4.69, 9.17) is 4.74 Å². The van der Waals surface area contributed by atoms with Crippen LogP contribution in [0.2, 0.25) is 0 Å². The van der Waals surface area contributed by atoms with Crippen LogP contribution < -0.4 is 15.0 Å². The van der Waals surface area contributed by atoms with Gasteiger partial charge in [0, 0.05) is 37.5 Å². The topological polar surface area (TPSA) is 24.5 Å². The normalized spacial score (nSPS) is 12.0. The summed E-state index contributed by atoms with van der Waals surface area (Å²) in [5.41, 5.74) is 1.57. The Kier molecular flexibility index (Phi) is 4.81. The summed E-state index contributed by atoms with van der Waals surface area (Å²) in [5.74, 6) is 0.960. The molecule has 3 nitrogen and oxygen atoms in total. The van der Waals surface area contributed by atoms with Gasteiger partial charge in [0.05, 0.1) is 0 Å². The number of ether oxygens (including phenoxy) is 1. The van der Waals surface area contributed by atoms with Crippen molar-refractivity contribution in [1.29, 1.82) is 0 Å². The van der Waals surface area contributed by atoms with E-state index in [0.717, 1.165) is 5.69 Å². The first-order valence-electron chi connectivity index (χ1n) is 6.94. The van der Waals surface area contributed by atoms with E-state index in [1.54, 1.807) is 19.2 Å². The fourth-order valence-corrected chi connectivity index (χ4v) is 2.12. The number of nitrogens with zero attached hydrogens (tertiary/aromatic N) is 1. The lowest BCUT2D eigenvalue weighted by atomic mass is 10.1. The molecule has 0 aromatic heterocycles. The number of halogens is 1. The minimum absolute atomic E-state index is 0.127. The monoisotopic (exact) mass is 288 g/mol. The summed E-state index contributed by atoms with van der Waals surface area (Å²) in [6.07, 6.45) is 0. The van der Waals surface area contributed by atoms with Crippen molar-refractivity contribution < 1.29 is 9.13 Å². The van der Waals surface area contributed by atoms with Crippen LogP contribution >= 0.6 is 0 Å². The van der Waals surface area contributed by atoms with Crippen molar-refractivity contribution in [3.63, 3.8) is 0 Å². The fraction of sp³-hybridized carbons (Fsp3) is 0.294. The minimum Gasteiger partial charge on any atom is -0.457 e. The molecular formula is C17H21FN2O. The third-order valence-corrected chi connectivity index (χ3v) is 3.44. The average Bonchev–Trinajstić information content (AvgIpc) is 2.47. The molecule has 1 N–H and O–H groups in total. The molecule has 2 aromatic rings. The molecule has 1 atom stereocenters. The zero-order chi connectivity index (χ0) is 15.4. The third-order valence-electron chi connectivity index (χ3n) is 3.44. The lowest BCUT2D eigenvalue weighted by molar-refractivity contribution is 0.452. The Morgan fingerprint density at radius 2 is 1.86 bits per heavy atom. The Bertz CT molecular complexity index is 613. The molecular weight excluding hydrogens is 267 g/mol. The van der Waals surface area contributed by atoms with Gasteiger partial charge in [0.1, 0.15) is 17.3 Å². The Balaban J connectivity index is 2.35. The maximum Gasteiger partial charge on any atom is 0.135 e. The van der Waals surface area contributed by atoms with Crippen LogP contribution in [0.1, 0.15) is 18.5 Å². The van der Waals surface area contributed by atoms with Crippen LogP contribution in [-0.4, -0.2) is 21.1 Å². The molecule has 112 valence electrons. The first-order valence-corrected chi connectivity index (χ1v) is 6.94. The summed E-state index contributed by atoms with van der Waals surface area (Å²) in [6, 6.07) is 12.5. The zero-order valence-electron chi connectivity index (χ0n) is 12.9. The van der Waals surface area contributed by atoms with Crippen LogP contribution in [0.3, 0.4) is 0 Å². The number of hydrogen-bond donors (Lipinski definition) is 1. The minimum atomic E-state index is -0.266. The van der Waals surface area contributed by atoms with Crippen molar-refractivity contribution in [3.05, 3.63) is 53.8 Å². The van der Waals surface area contributed by atoms with Crippen LogP contribution in [0.25, 0.3) is 0 Å². The van der Waals surface area contributed by atoms with Crippen molar-refractivity contribution in [1.82, 2.24) is 5.32 Å². The molecule has 0 fully saturated rings. The molecule has 0 bridgehead atoms. The highest BCUT2D eigenvalue weighted by atomic mass is 19.1. The van der Waals surface area contributed by atoms with Crippen molar-refractivity contribution in [3.8, 4) is 11.5 Å². The van der Waals surface area contributed by atoms with Gasteiger partial charge in [0.25, 0.3) is 0 Å². The summed E-state index contributed by atoms with van der Waals surface area (Å²) in [5, 5.41) is 3.05. The number of benzene rings is 2. The predicted molar refractivity (Wildman–Crippen MR) is 84.7 cm³/mol. The highest BCUT2D eigenvalue weighted by molar-refractivity contribution is 5.51. The quantitative estimate of drug-likeness (QED) is 0.901. The molecule has 0 aliphatic rings. The van der Waals surface area contributed by atoms with E-state index in [-0.39, 0.29) is 11.9 Å². The van der Waals surface area contributed by atoms with Crippen molar-refractivity contribution >= 4 is 5.69 Å². The molecule has 0 amide bonds. The number of hydrogen-bond acceptors (Lipinski definition) is 3. The molecule has 0 aliphatic carbocycles. The summed E-state index contributed by atoms with van der Waals surface area (Å²) >= 11 is 0. The van der Waals surface area contributed by atoms with E-state index < -0.39 is 0 Å². The first-order chi connectivity index (χ1) is 10.0. The van der Waals surface area contributed by atoms with E-state index in [1.807, 2.05) is 50.2 Å². The van der Waals surface area contributed by atoms with Gasteiger partial charge in [-0.05, 0) is 38.2 Å². The van der Waals surface area contributed by atoms with Gasteiger partial charge in [-0.2, -0.15) is 0 Å². The van der Waals surface area contributed by atoms with Crippen molar-refractivity contribution in [2.75, 3.05) is 26.0 Å². The van der Waals surface area contributed by atoms with Gasteiger partial charge in [0.15, 0.2) is 0 Å². The fourth-order valence-electron chi connectivity index (χ4n) is 2.12. The number of rotatable bonds is 5. The van der Waals surface area contributed by atoms with E-state index >= 15 is 0 Å². The van der Waals surface area contributed by atoms with Crippen molar-refractivity contribution in [2.24, 2.45) is 0 Å². The number of nitrogens with one attached hydrogen (secondary N) is 1. The molecule has 0 aliphatic heterocycles. The lowest BCUT2D eigenvalue weighted by Crippen LogP contribution is -2.15. The van der Waals surface area contributed by atoms with Crippen LogP contribution in [0.15, 0.2) is 42.5 Å². The van der Waals surface area contributed by atoms with Gasteiger partial charge in [-0.1, -0.05) is 12.1 Å². The van der Waals surface area contributed by atoms with Gasteiger partial charge in [-0.25, -0.2) is 4.39 Å². The molecule has 21 heavy (non-hydrogen) atoms. The van der Waals surface area contributed by atoms with E-state index in [9.17, 15) is 4.39 Å². The van der Waals surface area contributed by atoms with Gasteiger partial charge in [-0.15, -0.1) is 0 Å². The Morgan fingerprint density at radius 3 is 2.52 bits per heavy atom. The van der Waals surface area contributed by atoms with Crippen LogP contribution in [0.4, 0.5) is 10.1 Å². The van der Waals surface area contributed by atoms with Crippen LogP contribution in [-0.2, 0) is 0 Å². The number of anilines is 1. The molecule has 0 heterocycles. The summed E-state index contributed by atoms with van der Waals surface area (Å²) < 4.78 is 20.0. The van der Waals surface area contributed by atoms with Gasteiger partial charge < -0.3 is 15.0 Å². The summed E-state index contributed by atoms with van der Waals surface area (Å²) in [4.78, 5) is 2.00. The predicted octanol–water partition coefficient (Wildman–Crippen LogP) is 3.96. The molecule has 0 saturated heterocycles. The molecule has 4 heteroatoms. The second kappa shape index (κ2) is 6.59. The second-order valence-electron chi connectivity index (χ2n) is 5.16. The highest BCUT2D eigenvalue weighted by Gasteiger charge is 2.16. The largest absolute Gasteiger partial charge is 0.457 e. The van der Waals surface area contributed by atoms with Crippen LogP contribution in [0.5, 0.6) is 11.5 Å². The molecule has 0 saturated carbocycles. The maximum atomic E-state index is 14.1. The molecule has 2 aromatic carbocycles. The van der Waals surface area contributed by atoms with Gasteiger partial charge in [-0.3, -0.25) is 0 Å². The first kappa shape index (κ1) is 15.3. The smallest absolute Gasteiger partial charge is 0.135 e. The summed E-state index contributed by atoms with van der Waals surface area (Å²) in [6.45, 7) is 1.90. The van der Waals surface area contributed by atoms with Gasteiger partial charge in [0.2, 0.25) is 0 Å². The Morgan fingerprint density at radius 1 is 1.14 bits per heavy atom. The summed E-state index contributed by atoms with van der Waals surface area (Å²) in [7, 11) is 5.74. The molecule has 0 spiro atoms. The van der Waals surface area contributed by atoms with Crippen molar-refractivity contribution in [2.45, 2.75) is 13.0 Å². The Hall–Kier alpha value is -2.07. The SMILES string of the molecule is CNC(C)c1c(F)cccc1Oc1cccc(N(C)C)c1. The molecule has 2 rings (SSSR count). The highest BCUT2D eigenvalue weighted by Crippen LogP contribution is 2.32. The van der Waals surface area contributed by atoms with Gasteiger partial charge >= 0.3 is 0 Å². The molecule has 1 unspecified atom stereocenters. The van der Waals surface area contributed by atoms with E-state index in [0.29, 0.717) is 17.1 Å². The van der Waals surface area contributed by atoms with Crippen LogP contribution in [0, 0.1) is 5.82 Å². The average molecular weight is 288 g/mol. The zero-order valence-corrected chi connectivity index (χ0v) is 12.9. The Labute approximate surface area is 125 Å². The molecule has 0 radical (unpaired) electrons. The van der Waals surface area contributed by atoms with E-state index in [1.165, 1.54) is 6.07 Å². The van der Waals surface area contributed by atoms with E-state index in [2.05, 4.69) is 5.32 Å². The third kappa shape index (κ3) is 3.52.